The number of phenols is 1. The predicted octanol–water partition coefficient (Wildman–Crippen LogP) is 6.96. The quantitative estimate of drug-likeness (QED) is 0.147. The molecule has 2 bridgehead atoms. The maximum Gasteiger partial charge on any atom is 0.328 e. The molecule has 2 unspecified atom stereocenters. The van der Waals surface area contributed by atoms with Crippen molar-refractivity contribution in [3.05, 3.63) is 78.4 Å². The van der Waals surface area contributed by atoms with Gasteiger partial charge >= 0.3 is 6.03 Å². The molecule has 3 aromatic heterocycles. The van der Waals surface area contributed by atoms with Crippen LogP contribution in [0.25, 0.3) is 22.3 Å². The van der Waals surface area contributed by atoms with Gasteiger partial charge in [-0.25, -0.2) is 14.2 Å². The highest BCUT2D eigenvalue weighted by Gasteiger charge is 2.48. The molecular weight excluding hydrogens is 838 g/mol. The molecule has 5 aliphatic heterocycles. The molecule has 5 saturated heterocycles. The summed E-state index contributed by atoms with van der Waals surface area (Å²) in [7, 11) is 0. The number of phenolic OH excluding ortho intramolecular Hbond substituents is 1. The Morgan fingerprint density at radius 1 is 0.818 bits per heavy atom. The number of aromatic nitrogens is 4. The number of nitrogens with two attached hydrogens (primary N) is 1. The number of para-hydroxylation sites is 1. The van der Waals surface area contributed by atoms with Gasteiger partial charge in [0.1, 0.15) is 17.2 Å². The Balaban J connectivity index is 0.656. The second-order valence-electron chi connectivity index (χ2n) is 20.1. The number of carbonyl (C=O) groups excluding carboxylic acids is 3. The topological polar surface area (TPSA) is 169 Å². The number of nitrogens with one attached hydrogen (secondary N) is 1. The molecule has 7 fully saturated rings. The number of nitrogen functional groups attached to an aromatic ring is 1. The number of amides is 4. The Kier molecular flexibility index (Phi) is 9.86. The molecule has 4 amide bonds. The van der Waals surface area contributed by atoms with E-state index in [0.29, 0.717) is 67.2 Å². The summed E-state index contributed by atoms with van der Waals surface area (Å²) in [6.07, 6.45) is 14.3. The lowest BCUT2D eigenvalue weighted by Crippen LogP contribution is -2.54. The number of likely N-dealkylation sites (tertiary alicyclic amines) is 1. The zero-order chi connectivity index (χ0) is 44.8. The van der Waals surface area contributed by atoms with Gasteiger partial charge in [-0.3, -0.25) is 19.8 Å². The van der Waals surface area contributed by atoms with Crippen LogP contribution >= 0.6 is 0 Å². The van der Waals surface area contributed by atoms with Crippen LogP contribution in [0.2, 0.25) is 0 Å². The van der Waals surface area contributed by atoms with Crippen LogP contribution in [-0.4, -0.2) is 105 Å². The first-order valence-electron chi connectivity index (χ1n) is 24.0. The Bertz CT molecular complexity index is 2740. The molecule has 2 saturated carbocycles. The van der Waals surface area contributed by atoms with Crippen molar-refractivity contribution in [3.8, 4) is 17.0 Å². The number of piperazine rings is 1. The summed E-state index contributed by atoms with van der Waals surface area (Å²) in [5.74, 6) is 0.742. The number of benzene rings is 2. The number of carbonyl (C=O) groups is 3. The van der Waals surface area contributed by atoms with Crippen LogP contribution in [0.15, 0.2) is 67.0 Å². The Hall–Kier alpha value is -6.45. The van der Waals surface area contributed by atoms with Crippen molar-refractivity contribution in [1.29, 1.82) is 0 Å². The smallest absolute Gasteiger partial charge is 0.328 e. The number of pyridine rings is 1. The minimum Gasteiger partial charge on any atom is -0.507 e. The highest BCUT2D eigenvalue weighted by Crippen LogP contribution is 2.56. The van der Waals surface area contributed by atoms with Crippen molar-refractivity contribution >= 4 is 57.4 Å². The SMILES string of the molecule is Nc1nnc(-c2ccccc2O)cc1N1CC2CCC(C1)N2c1ccc(F)c(N2CCC(C(=O)N3CCC4(CC3)CC(n3cc(C5CC5)c5cc(N6CCC(=O)NC6=O)cnc53)C4)CC2)c1. The van der Waals surface area contributed by atoms with E-state index in [4.69, 9.17) is 10.7 Å². The number of halogens is 1. The molecular formula is C50H56FN11O4. The molecule has 4 N–H and O–H groups in total. The normalized spacial score (nSPS) is 23.5. The molecule has 15 nitrogen and oxygen atoms in total. The largest absolute Gasteiger partial charge is 0.507 e. The van der Waals surface area contributed by atoms with E-state index in [-0.39, 0.29) is 53.2 Å². The third-order valence-corrected chi connectivity index (χ3v) is 16.2. The fraction of sp³-hybridized carbons (Fsp3) is 0.480. The molecule has 2 aromatic carbocycles. The minimum absolute atomic E-state index is 0.0550. The van der Waals surface area contributed by atoms with Gasteiger partial charge in [0.25, 0.3) is 0 Å². The minimum atomic E-state index is -0.392. The Morgan fingerprint density at radius 3 is 2.30 bits per heavy atom. The van der Waals surface area contributed by atoms with Gasteiger partial charge in [0.2, 0.25) is 11.8 Å². The summed E-state index contributed by atoms with van der Waals surface area (Å²) in [4.78, 5) is 53.9. The number of fused-ring (bicyclic) bond motifs is 3. The molecule has 5 aromatic rings. The number of hydrogen-bond acceptors (Lipinski definition) is 11. The number of hydrogen-bond donors (Lipinski definition) is 3. The summed E-state index contributed by atoms with van der Waals surface area (Å²) in [5.41, 5.74) is 13.2. The van der Waals surface area contributed by atoms with Crippen LogP contribution in [0.3, 0.4) is 0 Å². The van der Waals surface area contributed by atoms with E-state index >= 15 is 4.39 Å². The summed E-state index contributed by atoms with van der Waals surface area (Å²) >= 11 is 0. The second-order valence-corrected chi connectivity index (χ2v) is 20.1. The van der Waals surface area contributed by atoms with Crippen molar-refractivity contribution in [2.75, 3.05) is 71.1 Å². The van der Waals surface area contributed by atoms with Crippen LogP contribution < -0.4 is 30.7 Å². The zero-order valence-corrected chi connectivity index (χ0v) is 37.1. The van der Waals surface area contributed by atoms with Gasteiger partial charge in [-0.15, -0.1) is 10.2 Å². The van der Waals surface area contributed by atoms with Crippen LogP contribution in [0, 0.1) is 17.2 Å². The van der Waals surface area contributed by atoms with E-state index in [0.717, 1.165) is 106 Å². The molecule has 2 aliphatic carbocycles. The van der Waals surface area contributed by atoms with E-state index in [9.17, 15) is 19.5 Å². The van der Waals surface area contributed by atoms with Crippen molar-refractivity contribution < 1.29 is 23.9 Å². The summed E-state index contributed by atoms with van der Waals surface area (Å²) in [6.45, 7) is 4.67. The highest BCUT2D eigenvalue weighted by molar-refractivity contribution is 6.06. The van der Waals surface area contributed by atoms with Crippen LogP contribution in [0.1, 0.15) is 88.2 Å². The number of aromatic hydroxyl groups is 1. The molecule has 16 heteroatoms. The van der Waals surface area contributed by atoms with Gasteiger partial charge in [-0.2, -0.15) is 0 Å². The van der Waals surface area contributed by atoms with Crippen LogP contribution in [0.5, 0.6) is 5.75 Å². The average Bonchev–Trinajstić information content (AvgIpc) is 4.05. The van der Waals surface area contributed by atoms with Crippen LogP contribution in [-0.2, 0) is 9.59 Å². The number of anilines is 5. The molecule has 0 radical (unpaired) electrons. The predicted molar refractivity (Wildman–Crippen MR) is 250 cm³/mol. The van der Waals surface area contributed by atoms with Gasteiger partial charge < -0.3 is 35.0 Å². The van der Waals surface area contributed by atoms with Crippen molar-refractivity contribution in [1.82, 2.24) is 30.0 Å². The lowest BCUT2D eigenvalue weighted by atomic mass is 9.60. The van der Waals surface area contributed by atoms with E-state index in [1.807, 2.05) is 30.3 Å². The fourth-order valence-electron chi connectivity index (χ4n) is 12.4. The number of piperidine rings is 2. The average molecular weight is 894 g/mol. The van der Waals surface area contributed by atoms with E-state index in [1.165, 1.54) is 5.56 Å². The lowest BCUT2D eigenvalue weighted by Gasteiger charge is -2.53. The molecule has 8 heterocycles. The Labute approximate surface area is 382 Å². The van der Waals surface area contributed by atoms with Crippen molar-refractivity contribution in [2.24, 2.45) is 11.3 Å². The van der Waals surface area contributed by atoms with Gasteiger partial charge in [0.05, 0.1) is 29.0 Å². The fourth-order valence-corrected chi connectivity index (χ4v) is 12.4. The lowest BCUT2D eigenvalue weighted by molar-refractivity contribution is -0.140. The standard InChI is InChI=1S/C50H56FN11O4/c51-40-10-9-32(62-33-7-8-34(62)28-59(27-33)43-23-41(55-56-46(43)52)37-3-1-2-4-44(37)63)22-42(40)57-16-11-31(12-17-57)48(65)58-19-14-50(15-20-58)24-36(25-50)61-29-39(30-5-6-30)38-21-35(26-53-47(38)61)60-18-13-45(64)54-49(60)66/h1-4,9-10,21-23,26,29-31,33-34,36,63H,5-8,11-20,24-25,27-28H2,(H2,52,56)(H,54,64,66). The van der Waals surface area contributed by atoms with E-state index in [1.54, 1.807) is 29.3 Å². The first-order valence-corrected chi connectivity index (χ1v) is 24.0. The van der Waals surface area contributed by atoms with Crippen molar-refractivity contribution in [3.63, 3.8) is 0 Å². The van der Waals surface area contributed by atoms with Crippen molar-refractivity contribution in [2.45, 2.75) is 94.7 Å². The molecule has 12 rings (SSSR count). The third-order valence-electron chi connectivity index (χ3n) is 16.2. The summed E-state index contributed by atoms with van der Waals surface area (Å²) in [5, 5.41) is 22.5. The number of rotatable bonds is 8. The maximum absolute atomic E-state index is 15.7. The number of nitrogens with zero attached hydrogens (tertiary/aromatic N) is 9. The first kappa shape index (κ1) is 41.0. The van der Waals surface area contributed by atoms with Crippen LogP contribution in [0.4, 0.5) is 37.8 Å². The Morgan fingerprint density at radius 2 is 1.58 bits per heavy atom. The maximum atomic E-state index is 15.7. The summed E-state index contributed by atoms with van der Waals surface area (Å²) in [6, 6.07) is 17.0. The number of urea groups is 1. The van der Waals surface area contributed by atoms with Gasteiger partial charge in [0.15, 0.2) is 5.82 Å². The van der Waals surface area contributed by atoms with E-state index < -0.39 is 6.03 Å². The zero-order valence-electron chi connectivity index (χ0n) is 37.1. The molecule has 1 spiro atoms. The van der Waals surface area contributed by atoms with Gasteiger partial charge in [-0.1, -0.05) is 12.1 Å². The molecule has 2 atom stereocenters. The number of imide groups is 1. The first-order chi connectivity index (χ1) is 32.1. The monoisotopic (exact) mass is 893 g/mol. The van der Waals surface area contributed by atoms with Gasteiger partial charge in [0, 0.05) is 99.1 Å². The third kappa shape index (κ3) is 7.14. The van der Waals surface area contributed by atoms with Gasteiger partial charge in [-0.05, 0) is 124 Å². The van der Waals surface area contributed by atoms with E-state index in [2.05, 4.69) is 51.9 Å². The molecule has 66 heavy (non-hydrogen) atoms. The molecule has 342 valence electrons. The second kappa shape index (κ2) is 15.9. The molecule has 7 aliphatic rings. The highest BCUT2D eigenvalue weighted by atomic mass is 19.1. The summed E-state index contributed by atoms with van der Waals surface area (Å²) < 4.78 is 18.0.